The van der Waals surface area contributed by atoms with Crippen LogP contribution in [0, 0.1) is 10.1 Å². The van der Waals surface area contributed by atoms with E-state index in [-0.39, 0.29) is 35.4 Å². The SMILES string of the molecule is COC(=O)CCCNCc1cc([N+](=O)[O-])ccc1Oc1ccc(S(C)(=O)=O)nc1. The van der Waals surface area contributed by atoms with E-state index in [0.717, 1.165) is 6.26 Å². The largest absolute Gasteiger partial charge is 0.469 e. The molecule has 0 unspecified atom stereocenters. The Morgan fingerprint density at radius 1 is 1.28 bits per heavy atom. The minimum Gasteiger partial charge on any atom is -0.469 e. The third-order valence-corrected chi connectivity index (χ3v) is 4.85. The third-order valence-electron chi connectivity index (χ3n) is 3.85. The van der Waals surface area contributed by atoms with Gasteiger partial charge in [0.1, 0.15) is 11.5 Å². The van der Waals surface area contributed by atoms with Crippen molar-refractivity contribution in [2.24, 2.45) is 0 Å². The van der Waals surface area contributed by atoms with Crippen LogP contribution in [0.4, 0.5) is 5.69 Å². The van der Waals surface area contributed by atoms with Gasteiger partial charge >= 0.3 is 5.97 Å². The molecule has 1 N–H and O–H groups in total. The molecule has 29 heavy (non-hydrogen) atoms. The molecule has 0 aliphatic carbocycles. The number of hydrogen-bond donors (Lipinski definition) is 1. The number of rotatable bonds is 10. The number of hydrogen-bond acceptors (Lipinski definition) is 9. The highest BCUT2D eigenvalue weighted by Crippen LogP contribution is 2.29. The third kappa shape index (κ3) is 6.80. The Morgan fingerprint density at radius 3 is 2.62 bits per heavy atom. The first kappa shape index (κ1) is 22.2. The Kier molecular flexibility index (Phi) is 7.62. The number of pyridine rings is 1. The number of esters is 1. The summed E-state index contributed by atoms with van der Waals surface area (Å²) in [7, 11) is -2.11. The fourth-order valence-electron chi connectivity index (χ4n) is 2.37. The number of benzene rings is 1. The molecule has 1 heterocycles. The van der Waals surface area contributed by atoms with Gasteiger partial charge in [0.05, 0.1) is 18.2 Å². The maximum absolute atomic E-state index is 11.5. The number of carbonyl (C=O) groups excluding carboxylic acids is 1. The smallest absolute Gasteiger partial charge is 0.305 e. The lowest BCUT2D eigenvalue weighted by molar-refractivity contribution is -0.384. The van der Waals surface area contributed by atoms with E-state index in [4.69, 9.17) is 4.74 Å². The van der Waals surface area contributed by atoms with E-state index in [1.54, 1.807) is 0 Å². The summed E-state index contributed by atoms with van der Waals surface area (Å²) in [6, 6.07) is 6.95. The van der Waals surface area contributed by atoms with Crippen molar-refractivity contribution < 1.29 is 27.6 Å². The second-order valence-electron chi connectivity index (χ2n) is 6.11. The zero-order valence-electron chi connectivity index (χ0n) is 16.0. The molecular formula is C18H21N3O7S. The minimum atomic E-state index is -3.43. The van der Waals surface area contributed by atoms with Crippen LogP contribution in [0.3, 0.4) is 0 Å². The first-order valence-corrected chi connectivity index (χ1v) is 10.5. The van der Waals surface area contributed by atoms with Gasteiger partial charge in [-0.3, -0.25) is 14.9 Å². The van der Waals surface area contributed by atoms with Crippen molar-refractivity contribution in [1.82, 2.24) is 10.3 Å². The van der Waals surface area contributed by atoms with Gasteiger partial charge in [0.25, 0.3) is 5.69 Å². The first-order valence-electron chi connectivity index (χ1n) is 8.59. The van der Waals surface area contributed by atoms with Crippen LogP contribution in [-0.2, 0) is 25.9 Å². The van der Waals surface area contributed by atoms with Crippen molar-refractivity contribution in [2.45, 2.75) is 24.4 Å². The number of non-ortho nitro benzene ring substituents is 1. The quantitative estimate of drug-likeness (QED) is 0.264. The molecule has 2 aromatic rings. The molecule has 2 rings (SSSR count). The molecule has 0 fully saturated rings. The van der Waals surface area contributed by atoms with E-state index in [9.17, 15) is 23.3 Å². The number of sulfone groups is 1. The lowest BCUT2D eigenvalue weighted by Gasteiger charge is -2.12. The Bertz CT molecular complexity index is 975. The molecular weight excluding hydrogens is 402 g/mol. The second-order valence-corrected chi connectivity index (χ2v) is 8.07. The summed E-state index contributed by atoms with van der Waals surface area (Å²) in [6.45, 7) is 0.773. The molecule has 10 nitrogen and oxygen atoms in total. The zero-order valence-corrected chi connectivity index (χ0v) is 16.8. The van der Waals surface area contributed by atoms with Gasteiger partial charge in [0.15, 0.2) is 14.9 Å². The standard InChI is InChI=1S/C18H21N3O7S/c1-27-18(22)4-3-9-19-11-13-10-14(21(23)24)5-7-16(13)28-15-6-8-17(20-12-15)29(2,25)26/h5-8,10,12,19H,3-4,9,11H2,1-2H3. The lowest BCUT2D eigenvalue weighted by atomic mass is 10.1. The van der Waals surface area contributed by atoms with Crippen LogP contribution in [0.15, 0.2) is 41.6 Å². The van der Waals surface area contributed by atoms with Crippen LogP contribution < -0.4 is 10.1 Å². The van der Waals surface area contributed by atoms with Gasteiger partial charge in [-0.05, 0) is 31.2 Å². The number of nitro groups is 1. The fourth-order valence-corrected chi connectivity index (χ4v) is 2.93. The monoisotopic (exact) mass is 423 g/mol. The van der Waals surface area contributed by atoms with Crippen LogP contribution in [0.5, 0.6) is 11.5 Å². The van der Waals surface area contributed by atoms with E-state index in [0.29, 0.717) is 24.3 Å². The van der Waals surface area contributed by atoms with Crippen molar-refractivity contribution in [3.8, 4) is 11.5 Å². The van der Waals surface area contributed by atoms with Crippen LogP contribution in [0.2, 0.25) is 0 Å². The van der Waals surface area contributed by atoms with Crippen LogP contribution in [-0.4, -0.2) is 44.2 Å². The normalized spacial score (nSPS) is 11.1. The van der Waals surface area contributed by atoms with Crippen LogP contribution in [0.25, 0.3) is 0 Å². The average Bonchev–Trinajstić information content (AvgIpc) is 2.68. The molecule has 0 spiro atoms. The number of nitro benzene ring substituents is 1. The number of methoxy groups -OCH3 is 1. The Morgan fingerprint density at radius 2 is 2.03 bits per heavy atom. The van der Waals surface area contributed by atoms with E-state index < -0.39 is 14.8 Å². The maximum atomic E-state index is 11.5. The molecule has 0 aliphatic heterocycles. The topological polar surface area (TPSA) is 138 Å². The summed E-state index contributed by atoms with van der Waals surface area (Å²) >= 11 is 0. The fraction of sp³-hybridized carbons (Fsp3) is 0.333. The predicted octanol–water partition coefficient (Wildman–Crippen LogP) is 2.23. The van der Waals surface area contributed by atoms with Crippen LogP contribution >= 0.6 is 0 Å². The molecule has 156 valence electrons. The van der Waals surface area contributed by atoms with Gasteiger partial charge in [-0.1, -0.05) is 0 Å². The number of ether oxygens (including phenoxy) is 2. The van der Waals surface area contributed by atoms with Crippen LogP contribution in [0.1, 0.15) is 18.4 Å². The number of nitrogens with one attached hydrogen (secondary N) is 1. The first-order chi connectivity index (χ1) is 13.7. The Balaban J connectivity index is 2.11. The lowest BCUT2D eigenvalue weighted by Crippen LogP contribution is -2.16. The molecule has 0 amide bonds. The molecule has 0 saturated carbocycles. The molecule has 0 bridgehead atoms. The zero-order chi connectivity index (χ0) is 21.4. The maximum Gasteiger partial charge on any atom is 0.305 e. The number of carbonyl (C=O) groups is 1. The van der Waals surface area contributed by atoms with Crippen molar-refractivity contribution in [3.63, 3.8) is 0 Å². The van der Waals surface area contributed by atoms with Crippen molar-refractivity contribution >= 4 is 21.5 Å². The summed E-state index contributed by atoms with van der Waals surface area (Å²) in [5.74, 6) is 0.347. The molecule has 1 aromatic heterocycles. The summed E-state index contributed by atoms with van der Waals surface area (Å²) in [4.78, 5) is 25.5. The number of nitrogens with zero attached hydrogens (tertiary/aromatic N) is 2. The van der Waals surface area contributed by atoms with Crippen molar-refractivity contribution in [2.75, 3.05) is 19.9 Å². The highest BCUT2D eigenvalue weighted by atomic mass is 32.2. The van der Waals surface area contributed by atoms with E-state index >= 15 is 0 Å². The van der Waals surface area contributed by atoms with Gasteiger partial charge in [0.2, 0.25) is 0 Å². The highest BCUT2D eigenvalue weighted by molar-refractivity contribution is 7.90. The van der Waals surface area contributed by atoms with Crippen molar-refractivity contribution in [1.29, 1.82) is 0 Å². The summed E-state index contributed by atoms with van der Waals surface area (Å²) in [5.41, 5.74) is 0.443. The van der Waals surface area contributed by atoms with Gasteiger partial charge in [0, 0.05) is 36.9 Å². The molecule has 1 aromatic carbocycles. The minimum absolute atomic E-state index is 0.0824. The summed E-state index contributed by atoms with van der Waals surface area (Å²) < 4.78 is 33.3. The summed E-state index contributed by atoms with van der Waals surface area (Å²) in [5, 5.41) is 14.1. The number of aromatic nitrogens is 1. The summed E-state index contributed by atoms with van der Waals surface area (Å²) in [6.07, 6.45) is 3.14. The van der Waals surface area contributed by atoms with Gasteiger partial charge < -0.3 is 14.8 Å². The molecule has 0 atom stereocenters. The van der Waals surface area contributed by atoms with E-state index in [1.165, 1.54) is 43.6 Å². The van der Waals surface area contributed by atoms with Gasteiger partial charge in [-0.2, -0.15) is 0 Å². The van der Waals surface area contributed by atoms with Crippen molar-refractivity contribution in [3.05, 3.63) is 52.2 Å². The van der Waals surface area contributed by atoms with Gasteiger partial charge in [-0.15, -0.1) is 0 Å². The molecule has 0 saturated heterocycles. The molecule has 11 heteroatoms. The Hall–Kier alpha value is -3.05. The second kappa shape index (κ2) is 9.94. The molecule has 0 aliphatic rings. The predicted molar refractivity (Wildman–Crippen MR) is 103 cm³/mol. The average molecular weight is 423 g/mol. The highest BCUT2D eigenvalue weighted by Gasteiger charge is 2.14. The van der Waals surface area contributed by atoms with Gasteiger partial charge in [-0.25, -0.2) is 13.4 Å². The Labute approximate surface area is 167 Å². The van der Waals surface area contributed by atoms with E-state index in [1.807, 2.05) is 0 Å². The van der Waals surface area contributed by atoms with E-state index in [2.05, 4.69) is 15.0 Å². The molecule has 0 radical (unpaired) electrons.